The van der Waals surface area contributed by atoms with E-state index in [1.54, 1.807) is 0 Å². The van der Waals surface area contributed by atoms with E-state index in [0.717, 1.165) is 11.1 Å². The third-order valence-corrected chi connectivity index (χ3v) is 2.71. The normalized spacial score (nSPS) is 10.2. The van der Waals surface area contributed by atoms with Crippen molar-refractivity contribution >= 4 is 11.7 Å². The van der Waals surface area contributed by atoms with Gasteiger partial charge in [0.25, 0.3) is 5.91 Å². The highest BCUT2D eigenvalue weighted by Gasteiger charge is 2.12. The number of hydrogen-bond donors (Lipinski definition) is 2. The lowest BCUT2D eigenvalue weighted by Crippen LogP contribution is -2.24. The van der Waals surface area contributed by atoms with Crippen molar-refractivity contribution in [1.82, 2.24) is 15.3 Å². The molecule has 2 rings (SSSR count). The zero-order valence-corrected chi connectivity index (χ0v) is 11.0. The summed E-state index contributed by atoms with van der Waals surface area (Å²) in [5.74, 6) is 0.456. The molecule has 5 heteroatoms. The molecule has 1 aromatic carbocycles. The van der Waals surface area contributed by atoms with Crippen molar-refractivity contribution in [2.45, 2.75) is 13.8 Å². The van der Waals surface area contributed by atoms with Crippen LogP contribution in [-0.4, -0.2) is 22.4 Å². The smallest absolute Gasteiger partial charge is 0.256 e. The van der Waals surface area contributed by atoms with Crippen molar-refractivity contribution in [3.63, 3.8) is 0 Å². The molecule has 0 fully saturated rings. The summed E-state index contributed by atoms with van der Waals surface area (Å²) in [6, 6.07) is 7.81. The number of anilines is 1. The van der Waals surface area contributed by atoms with Crippen LogP contribution in [0.2, 0.25) is 0 Å². The molecule has 0 unspecified atom stereocenters. The van der Waals surface area contributed by atoms with E-state index in [9.17, 15) is 4.79 Å². The van der Waals surface area contributed by atoms with Crippen molar-refractivity contribution in [2.75, 3.05) is 12.3 Å². The van der Waals surface area contributed by atoms with Crippen molar-refractivity contribution in [2.24, 2.45) is 0 Å². The molecule has 1 amide bonds. The second-order valence-electron chi connectivity index (χ2n) is 4.22. The van der Waals surface area contributed by atoms with Crippen LogP contribution in [0, 0.1) is 6.92 Å². The molecular formula is C14H16N4O. The van der Waals surface area contributed by atoms with Gasteiger partial charge in [-0.3, -0.25) is 4.79 Å². The van der Waals surface area contributed by atoms with Gasteiger partial charge in [-0.2, -0.15) is 0 Å². The van der Waals surface area contributed by atoms with Gasteiger partial charge in [0, 0.05) is 18.3 Å². The number of benzene rings is 1. The lowest BCUT2D eigenvalue weighted by Gasteiger charge is -2.06. The van der Waals surface area contributed by atoms with Crippen molar-refractivity contribution in [1.29, 1.82) is 0 Å². The van der Waals surface area contributed by atoms with Crippen molar-refractivity contribution in [3.05, 3.63) is 41.6 Å². The first-order chi connectivity index (χ1) is 9.11. The van der Waals surface area contributed by atoms with Crippen LogP contribution < -0.4 is 11.1 Å². The monoisotopic (exact) mass is 256 g/mol. The van der Waals surface area contributed by atoms with Crippen LogP contribution in [0.3, 0.4) is 0 Å². The van der Waals surface area contributed by atoms with Gasteiger partial charge in [0.15, 0.2) is 5.82 Å². The summed E-state index contributed by atoms with van der Waals surface area (Å²) in [6.45, 7) is 4.39. The van der Waals surface area contributed by atoms with Gasteiger partial charge in [-0.15, -0.1) is 0 Å². The molecule has 0 bridgehead atoms. The van der Waals surface area contributed by atoms with Crippen LogP contribution in [0.5, 0.6) is 0 Å². The van der Waals surface area contributed by atoms with Gasteiger partial charge in [0.2, 0.25) is 0 Å². The topological polar surface area (TPSA) is 80.9 Å². The predicted molar refractivity (Wildman–Crippen MR) is 74.6 cm³/mol. The van der Waals surface area contributed by atoms with Crippen LogP contribution in [-0.2, 0) is 0 Å². The number of carbonyl (C=O) groups excluding carboxylic acids is 1. The molecule has 1 heterocycles. The van der Waals surface area contributed by atoms with E-state index in [0.29, 0.717) is 17.9 Å². The second kappa shape index (κ2) is 5.48. The van der Waals surface area contributed by atoms with Gasteiger partial charge >= 0.3 is 0 Å². The standard InChI is InChI=1S/C14H16N4O/c1-3-16-14(19)11-8-17-13(18-12(11)15)10-6-4-9(2)5-7-10/h4-8H,3H2,1-2H3,(H,16,19)(H2,15,17,18). The first kappa shape index (κ1) is 13.0. The molecule has 0 saturated heterocycles. The molecule has 0 radical (unpaired) electrons. The number of rotatable bonds is 3. The number of aryl methyl sites for hydroxylation is 1. The van der Waals surface area contributed by atoms with Crippen LogP contribution in [0.15, 0.2) is 30.5 Å². The van der Waals surface area contributed by atoms with E-state index in [2.05, 4.69) is 15.3 Å². The molecular weight excluding hydrogens is 240 g/mol. The first-order valence-electron chi connectivity index (χ1n) is 6.09. The highest BCUT2D eigenvalue weighted by molar-refractivity contribution is 5.98. The number of carbonyl (C=O) groups is 1. The van der Waals surface area contributed by atoms with Crippen LogP contribution in [0.1, 0.15) is 22.8 Å². The summed E-state index contributed by atoms with van der Waals surface area (Å²) in [5.41, 5.74) is 8.15. The molecule has 3 N–H and O–H groups in total. The second-order valence-corrected chi connectivity index (χ2v) is 4.22. The van der Waals surface area contributed by atoms with Crippen molar-refractivity contribution in [3.8, 4) is 11.4 Å². The molecule has 0 atom stereocenters. The summed E-state index contributed by atoms with van der Waals surface area (Å²) in [6.07, 6.45) is 1.46. The summed E-state index contributed by atoms with van der Waals surface area (Å²) < 4.78 is 0. The molecule has 0 aliphatic rings. The molecule has 0 aliphatic heterocycles. The quantitative estimate of drug-likeness (QED) is 0.877. The predicted octanol–water partition coefficient (Wildman–Crippen LogP) is 1.78. The summed E-state index contributed by atoms with van der Waals surface area (Å²) in [4.78, 5) is 20.1. The summed E-state index contributed by atoms with van der Waals surface area (Å²) >= 11 is 0. The van der Waals surface area contributed by atoms with E-state index < -0.39 is 0 Å². The van der Waals surface area contributed by atoms with Gasteiger partial charge in [0.05, 0.1) is 5.56 Å². The molecule has 19 heavy (non-hydrogen) atoms. The largest absolute Gasteiger partial charge is 0.383 e. The van der Waals surface area contributed by atoms with Gasteiger partial charge in [-0.1, -0.05) is 29.8 Å². The van der Waals surface area contributed by atoms with E-state index in [1.165, 1.54) is 6.20 Å². The Kier molecular flexibility index (Phi) is 3.75. The number of nitrogens with one attached hydrogen (secondary N) is 1. The fourth-order valence-corrected chi connectivity index (χ4v) is 1.67. The number of aromatic nitrogens is 2. The maximum atomic E-state index is 11.7. The van der Waals surface area contributed by atoms with E-state index in [-0.39, 0.29) is 11.7 Å². The zero-order chi connectivity index (χ0) is 13.8. The van der Waals surface area contributed by atoms with E-state index >= 15 is 0 Å². The fourth-order valence-electron chi connectivity index (χ4n) is 1.67. The van der Waals surface area contributed by atoms with Gasteiger partial charge < -0.3 is 11.1 Å². The Hall–Kier alpha value is -2.43. The molecule has 98 valence electrons. The van der Waals surface area contributed by atoms with Gasteiger partial charge in [-0.25, -0.2) is 9.97 Å². The fraction of sp³-hybridized carbons (Fsp3) is 0.214. The highest BCUT2D eigenvalue weighted by atomic mass is 16.1. The maximum absolute atomic E-state index is 11.7. The Labute approximate surface area is 111 Å². The van der Waals surface area contributed by atoms with Crippen LogP contribution >= 0.6 is 0 Å². The average molecular weight is 256 g/mol. The van der Waals surface area contributed by atoms with Gasteiger partial charge in [0.1, 0.15) is 5.82 Å². The summed E-state index contributed by atoms with van der Waals surface area (Å²) in [7, 11) is 0. The maximum Gasteiger partial charge on any atom is 0.256 e. The number of amides is 1. The van der Waals surface area contributed by atoms with Gasteiger partial charge in [-0.05, 0) is 13.8 Å². The molecule has 1 aromatic heterocycles. The van der Waals surface area contributed by atoms with Crippen molar-refractivity contribution < 1.29 is 4.79 Å². The lowest BCUT2D eigenvalue weighted by molar-refractivity contribution is 0.0956. The Morgan fingerprint density at radius 3 is 2.58 bits per heavy atom. The Morgan fingerprint density at radius 1 is 1.32 bits per heavy atom. The molecule has 0 saturated carbocycles. The third-order valence-electron chi connectivity index (χ3n) is 2.71. The minimum absolute atomic E-state index is 0.191. The SMILES string of the molecule is CCNC(=O)c1cnc(-c2ccc(C)cc2)nc1N. The number of hydrogen-bond acceptors (Lipinski definition) is 4. The average Bonchev–Trinajstić information content (AvgIpc) is 2.39. The summed E-state index contributed by atoms with van der Waals surface area (Å²) in [5, 5.41) is 2.67. The number of nitrogens with zero attached hydrogens (tertiary/aromatic N) is 2. The Balaban J connectivity index is 2.33. The Morgan fingerprint density at radius 2 is 2.00 bits per heavy atom. The lowest BCUT2D eigenvalue weighted by atomic mass is 10.1. The molecule has 0 aliphatic carbocycles. The van der Waals surface area contributed by atoms with Crippen LogP contribution in [0.25, 0.3) is 11.4 Å². The molecule has 5 nitrogen and oxygen atoms in total. The molecule has 2 aromatic rings. The zero-order valence-electron chi connectivity index (χ0n) is 11.0. The van der Waals surface area contributed by atoms with E-state index in [1.807, 2.05) is 38.1 Å². The first-order valence-corrected chi connectivity index (χ1v) is 6.09. The van der Waals surface area contributed by atoms with E-state index in [4.69, 9.17) is 5.73 Å². The minimum Gasteiger partial charge on any atom is -0.383 e. The number of nitrogens with two attached hydrogens (primary N) is 1. The molecule has 0 spiro atoms. The Bertz CT molecular complexity index is 593. The minimum atomic E-state index is -0.254. The third kappa shape index (κ3) is 2.88. The van der Waals surface area contributed by atoms with Crippen LogP contribution in [0.4, 0.5) is 5.82 Å². The number of nitrogen functional groups attached to an aromatic ring is 1. The highest BCUT2D eigenvalue weighted by Crippen LogP contribution is 2.18.